The van der Waals surface area contributed by atoms with Crippen LogP contribution in [-0.2, 0) is 9.84 Å². The molecule has 0 saturated carbocycles. The molecule has 2 aromatic carbocycles. The van der Waals surface area contributed by atoms with Crippen molar-refractivity contribution < 1.29 is 35.5 Å². The van der Waals surface area contributed by atoms with Crippen molar-refractivity contribution in [2.45, 2.75) is 17.3 Å². The molecular weight excluding hydrogens is 366 g/mol. The Morgan fingerprint density at radius 1 is 0.920 bits per heavy atom. The zero-order valence-corrected chi connectivity index (χ0v) is 13.1. The first-order valence-corrected chi connectivity index (χ1v) is 8.23. The van der Waals surface area contributed by atoms with E-state index in [4.69, 9.17) is 0 Å². The summed E-state index contributed by atoms with van der Waals surface area (Å²) in [6.45, 7) is -2.98. The number of hydrogen-bond acceptors (Lipinski definition) is 4. The molecule has 0 aliphatic rings. The van der Waals surface area contributed by atoms with Crippen LogP contribution < -0.4 is 10.1 Å². The molecule has 25 heavy (non-hydrogen) atoms. The number of benzene rings is 2. The fraction of sp³-hybridized carbons (Fsp3) is 0.133. The van der Waals surface area contributed by atoms with E-state index in [0.29, 0.717) is 0 Å². The molecular formula is C15H11F4NO4S. The number of hydrogen-bond donors (Lipinski definition) is 1. The molecule has 0 aromatic heterocycles. The first-order chi connectivity index (χ1) is 11.7. The zero-order valence-electron chi connectivity index (χ0n) is 12.3. The third kappa shape index (κ3) is 4.69. The summed E-state index contributed by atoms with van der Waals surface area (Å²) >= 11 is 0. The van der Waals surface area contributed by atoms with Crippen molar-refractivity contribution in [1.29, 1.82) is 0 Å². The van der Waals surface area contributed by atoms with Gasteiger partial charge in [0, 0.05) is 11.3 Å². The number of carbonyl (C=O) groups is 1. The molecule has 1 amide bonds. The second-order valence-electron chi connectivity index (χ2n) is 4.69. The molecule has 0 unspecified atom stereocenters. The molecule has 5 nitrogen and oxygen atoms in total. The average Bonchev–Trinajstić information content (AvgIpc) is 2.55. The van der Waals surface area contributed by atoms with Crippen LogP contribution >= 0.6 is 0 Å². The largest absolute Gasteiger partial charge is 0.435 e. The van der Waals surface area contributed by atoms with Crippen LogP contribution in [0.2, 0.25) is 0 Å². The van der Waals surface area contributed by atoms with Crippen molar-refractivity contribution in [3.8, 4) is 5.75 Å². The van der Waals surface area contributed by atoms with Gasteiger partial charge in [0.1, 0.15) is 5.75 Å². The summed E-state index contributed by atoms with van der Waals surface area (Å²) in [4.78, 5) is 11.4. The molecule has 0 radical (unpaired) electrons. The van der Waals surface area contributed by atoms with Crippen LogP contribution in [0, 0.1) is 0 Å². The maximum atomic E-state index is 12.4. The molecule has 0 saturated heterocycles. The molecule has 10 heteroatoms. The van der Waals surface area contributed by atoms with Crippen molar-refractivity contribution in [2.75, 3.05) is 5.32 Å². The summed E-state index contributed by atoms with van der Waals surface area (Å²) in [6, 6.07) is 9.06. The average molecular weight is 377 g/mol. The molecule has 0 aliphatic carbocycles. The van der Waals surface area contributed by atoms with Gasteiger partial charge < -0.3 is 10.1 Å². The van der Waals surface area contributed by atoms with Crippen LogP contribution in [0.1, 0.15) is 10.4 Å². The van der Waals surface area contributed by atoms with E-state index in [9.17, 15) is 30.8 Å². The lowest BCUT2D eigenvalue weighted by Gasteiger charge is -2.08. The normalized spacial score (nSPS) is 11.6. The monoisotopic (exact) mass is 377 g/mol. The Balaban J connectivity index is 2.08. The number of sulfone groups is 1. The van der Waals surface area contributed by atoms with Crippen LogP contribution in [0.3, 0.4) is 0 Å². The standard InChI is InChI=1S/C15H11F4NO4S/c16-14(17)24-11-5-1-9(2-6-11)13(21)20-10-3-7-12(8-4-10)25(22,23)15(18)19/h1-8,14-15H,(H,20,21). The number of halogens is 4. The summed E-state index contributed by atoms with van der Waals surface area (Å²) in [5, 5.41) is 2.42. The molecule has 2 aromatic rings. The third-order valence-corrected chi connectivity index (χ3v) is 4.42. The van der Waals surface area contributed by atoms with Gasteiger partial charge in [0.2, 0.25) is 9.84 Å². The van der Waals surface area contributed by atoms with E-state index in [1.165, 1.54) is 24.3 Å². The number of amides is 1. The first-order valence-electron chi connectivity index (χ1n) is 6.68. The molecule has 0 atom stereocenters. The van der Waals surface area contributed by atoms with E-state index < -0.39 is 33.0 Å². The Morgan fingerprint density at radius 2 is 1.48 bits per heavy atom. The van der Waals surface area contributed by atoms with Gasteiger partial charge in [-0.05, 0) is 48.5 Å². The topological polar surface area (TPSA) is 72.5 Å². The summed E-state index contributed by atoms with van der Waals surface area (Å²) in [7, 11) is -4.71. The van der Waals surface area contributed by atoms with Crippen molar-refractivity contribution in [2.24, 2.45) is 0 Å². The van der Waals surface area contributed by atoms with Gasteiger partial charge in [0.15, 0.2) is 0 Å². The van der Waals surface area contributed by atoms with Gasteiger partial charge in [0.05, 0.1) is 4.90 Å². The highest BCUT2D eigenvalue weighted by molar-refractivity contribution is 7.91. The third-order valence-electron chi connectivity index (χ3n) is 3.02. The Labute approximate surface area is 140 Å². The van der Waals surface area contributed by atoms with E-state index >= 15 is 0 Å². The van der Waals surface area contributed by atoms with Gasteiger partial charge in [-0.3, -0.25) is 4.79 Å². The maximum absolute atomic E-state index is 12.4. The molecule has 0 bridgehead atoms. The molecule has 0 fully saturated rings. The minimum absolute atomic E-state index is 0.117. The van der Waals surface area contributed by atoms with Crippen LogP contribution in [0.15, 0.2) is 53.4 Å². The maximum Gasteiger partial charge on any atom is 0.387 e. The van der Waals surface area contributed by atoms with E-state index in [2.05, 4.69) is 10.1 Å². The molecule has 0 aliphatic heterocycles. The van der Waals surface area contributed by atoms with Gasteiger partial charge >= 0.3 is 12.4 Å². The van der Waals surface area contributed by atoms with Crippen molar-refractivity contribution in [3.05, 3.63) is 54.1 Å². The minimum atomic E-state index is -4.71. The summed E-state index contributed by atoms with van der Waals surface area (Å²) < 4.78 is 75.7. The van der Waals surface area contributed by atoms with Crippen LogP contribution in [0.4, 0.5) is 23.2 Å². The second-order valence-corrected chi connectivity index (χ2v) is 6.60. The van der Waals surface area contributed by atoms with Gasteiger partial charge in [-0.1, -0.05) is 0 Å². The number of rotatable bonds is 6. The Kier molecular flexibility index (Phi) is 5.62. The van der Waals surface area contributed by atoms with E-state index in [-0.39, 0.29) is 17.0 Å². The van der Waals surface area contributed by atoms with Gasteiger partial charge in [0.25, 0.3) is 5.91 Å². The van der Waals surface area contributed by atoms with Crippen LogP contribution in [-0.4, -0.2) is 26.7 Å². The lowest BCUT2D eigenvalue weighted by molar-refractivity contribution is -0.0498. The molecule has 134 valence electrons. The Morgan fingerprint density at radius 3 is 1.96 bits per heavy atom. The molecule has 1 N–H and O–H groups in total. The van der Waals surface area contributed by atoms with Gasteiger partial charge in [-0.2, -0.15) is 17.6 Å². The highest BCUT2D eigenvalue weighted by Gasteiger charge is 2.26. The Bertz CT molecular complexity index is 837. The van der Waals surface area contributed by atoms with Crippen molar-refractivity contribution in [1.82, 2.24) is 0 Å². The number of nitrogens with one attached hydrogen (secondary N) is 1. The number of anilines is 1. The van der Waals surface area contributed by atoms with Gasteiger partial charge in [-0.15, -0.1) is 0 Å². The molecule has 0 heterocycles. The fourth-order valence-electron chi connectivity index (χ4n) is 1.82. The number of ether oxygens (including phenoxy) is 1. The van der Waals surface area contributed by atoms with Crippen molar-refractivity contribution in [3.63, 3.8) is 0 Å². The van der Waals surface area contributed by atoms with Crippen LogP contribution in [0.5, 0.6) is 5.75 Å². The highest BCUT2D eigenvalue weighted by atomic mass is 32.2. The fourth-order valence-corrected chi connectivity index (χ4v) is 2.54. The number of carbonyl (C=O) groups excluding carboxylic acids is 1. The first kappa shape index (κ1) is 18.7. The molecule has 2 rings (SSSR count). The lowest BCUT2D eigenvalue weighted by Crippen LogP contribution is -2.13. The predicted octanol–water partition coefficient (Wildman–Crippen LogP) is 3.54. The second kappa shape index (κ2) is 7.51. The summed E-state index contributed by atoms with van der Waals surface area (Å²) in [5.74, 6) is -4.26. The highest BCUT2D eigenvalue weighted by Crippen LogP contribution is 2.21. The van der Waals surface area contributed by atoms with E-state index in [1.807, 2.05) is 0 Å². The minimum Gasteiger partial charge on any atom is -0.435 e. The summed E-state index contributed by atoms with van der Waals surface area (Å²) in [5.41, 5.74) is 0.303. The Hall–Kier alpha value is -2.62. The SMILES string of the molecule is O=C(Nc1ccc(S(=O)(=O)C(F)F)cc1)c1ccc(OC(F)F)cc1. The van der Waals surface area contributed by atoms with Crippen LogP contribution in [0.25, 0.3) is 0 Å². The van der Waals surface area contributed by atoms with Crippen molar-refractivity contribution >= 4 is 21.4 Å². The zero-order chi connectivity index (χ0) is 18.6. The van der Waals surface area contributed by atoms with E-state index in [1.54, 1.807) is 0 Å². The lowest BCUT2D eigenvalue weighted by atomic mass is 10.2. The summed E-state index contributed by atoms with van der Waals surface area (Å²) in [6.07, 6.45) is 0. The van der Waals surface area contributed by atoms with E-state index in [0.717, 1.165) is 24.3 Å². The molecule has 0 spiro atoms. The predicted molar refractivity (Wildman–Crippen MR) is 80.7 cm³/mol. The quantitative estimate of drug-likeness (QED) is 0.782. The smallest absolute Gasteiger partial charge is 0.387 e. The van der Waals surface area contributed by atoms with Gasteiger partial charge in [-0.25, -0.2) is 8.42 Å². The number of alkyl halides is 4.